The van der Waals surface area contributed by atoms with Crippen LogP contribution in [0.4, 0.5) is 0 Å². The summed E-state index contributed by atoms with van der Waals surface area (Å²) in [5, 5.41) is 13.8. The first-order valence-electron chi connectivity index (χ1n) is 8.41. The molecule has 0 spiro atoms. The molecule has 1 amide bonds. The summed E-state index contributed by atoms with van der Waals surface area (Å²) in [4.78, 5) is 11.6. The van der Waals surface area contributed by atoms with E-state index < -0.39 is 11.9 Å². The molecule has 25 heavy (non-hydrogen) atoms. The van der Waals surface area contributed by atoms with Crippen molar-refractivity contribution < 1.29 is 9.53 Å². The highest BCUT2D eigenvalue weighted by atomic mass is 16.5. The van der Waals surface area contributed by atoms with Crippen LogP contribution in [0.1, 0.15) is 59.8 Å². The average Bonchev–Trinajstić information content (AvgIpc) is 3.33. The molecular weight excluding hydrogens is 316 g/mol. The number of hydrogen-bond donors (Lipinski definition) is 1. The van der Waals surface area contributed by atoms with Gasteiger partial charge in [0.1, 0.15) is 17.5 Å². The van der Waals surface area contributed by atoms with E-state index >= 15 is 0 Å². The van der Waals surface area contributed by atoms with Crippen LogP contribution in [-0.2, 0) is 4.79 Å². The molecule has 1 fully saturated rings. The van der Waals surface area contributed by atoms with Crippen molar-refractivity contribution in [1.29, 1.82) is 5.26 Å². The van der Waals surface area contributed by atoms with E-state index in [9.17, 15) is 10.1 Å². The van der Waals surface area contributed by atoms with Gasteiger partial charge in [-0.15, -0.1) is 0 Å². The number of hydrogen-bond acceptors (Lipinski definition) is 4. The Bertz CT molecular complexity index is 865. The van der Waals surface area contributed by atoms with Crippen molar-refractivity contribution in [1.82, 2.24) is 9.78 Å². The molecule has 1 aromatic heterocycles. The summed E-state index contributed by atoms with van der Waals surface area (Å²) in [6.07, 6.45) is 2.15. The molecule has 0 radical (unpaired) electrons. The Hall–Kier alpha value is -2.81. The SMILES string of the molecule is Cc1cc(Oc2c(C3CC3)nn(C(C)C(N)=O)c2C)cc(C)c1C#N. The van der Waals surface area contributed by atoms with E-state index in [0.717, 1.165) is 35.4 Å². The molecule has 1 unspecified atom stereocenters. The molecule has 2 N–H and O–H groups in total. The van der Waals surface area contributed by atoms with Gasteiger partial charge in [0.25, 0.3) is 0 Å². The van der Waals surface area contributed by atoms with Crippen LogP contribution in [0.25, 0.3) is 0 Å². The van der Waals surface area contributed by atoms with Gasteiger partial charge in [0, 0.05) is 5.92 Å². The smallest absolute Gasteiger partial charge is 0.242 e. The van der Waals surface area contributed by atoms with Gasteiger partial charge in [-0.05, 0) is 63.8 Å². The van der Waals surface area contributed by atoms with Gasteiger partial charge in [0.05, 0.1) is 17.3 Å². The zero-order valence-electron chi connectivity index (χ0n) is 15.0. The predicted octanol–water partition coefficient (Wildman–Crippen LogP) is 3.40. The molecule has 1 aliphatic carbocycles. The van der Waals surface area contributed by atoms with Crippen LogP contribution in [-0.4, -0.2) is 15.7 Å². The molecule has 130 valence electrons. The van der Waals surface area contributed by atoms with E-state index in [2.05, 4.69) is 11.2 Å². The predicted molar refractivity (Wildman–Crippen MR) is 93.5 cm³/mol. The lowest BCUT2D eigenvalue weighted by atomic mass is 10.0. The highest BCUT2D eigenvalue weighted by Gasteiger charge is 2.33. The number of rotatable bonds is 5. The summed E-state index contributed by atoms with van der Waals surface area (Å²) in [6.45, 7) is 7.41. The summed E-state index contributed by atoms with van der Waals surface area (Å²) >= 11 is 0. The summed E-state index contributed by atoms with van der Waals surface area (Å²) in [5.41, 5.74) is 9.53. The fourth-order valence-electron chi connectivity index (χ4n) is 3.05. The van der Waals surface area contributed by atoms with E-state index in [4.69, 9.17) is 10.5 Å². The van der Waals surface area contributed by atoms with Crippen LogP contribution in [0.3, 0.4) is 0 Å². The van der Waals surface area contributed by atoms with E-state index in [1.54, 1.807) is 11.6 Å². The van der Waals surface area contributed by atoms with Crippen LogP contribution in [0.15, 0.2) is 12.1 Å². The Morgan fingerprint density at radius 3 is 2.44 bits per heavy atom. The second-order valence-corrected chi connectivity index (χ2v) is 6.74. The lowest BCUT2D eigenvalue weighted by Gasteiger charge is -2.12. The molecule has 0 saturated heterocycles. The number of carbonyl (C=O) groups excluding carboxylic acids is 1. The second kappa shape index (κ2) is 6.25. The van der Waals surface area contributed by atoms with Crippen LogP contribution < -0.4 is 10.5 Å². The largest absolute Gasteiger partial charge is 0.453 e. The van der Waals surface area contributed by atoms with Crippen molar-refractivity contribution in [2.24, 2.45) is 5.73 Å². The maximum absolute atomic E-state index is 11.6. The Morgan fingerprint density at radius 1 is 1.36 bits per heavy atom. The molecule has 1 aromatic carbocycles. The number of aromatic nitrogens is 2. The number of nitrogens with two attached hydrogens (primary N) is 1. The molecule has 3 rings (SSSR count). The normalized spacial score (nSPS) is 14.8. The summed E-state index contributed by atoms with van der Waals surface area (Å²) in [5.74, 6) is 1.31. The minimum atomic E-state index is -0.528. The van der Waals surface area contributed by atoms with Gasteiger partial charge < -0.3 is 10.5 Å². The van der Waals surface area contributed by atoms with E-state index in [0.29, 0.717) is 23.0 Å². The van der Waals surface area contributed by atoms with Crippen molar-refractivity contribution in [2.75, 3.05) is 0 Å². The molecule has 0 aliphatic heterocycles. The molecule has 6 heteroatoms. The minimum absolute atomic E-state index is 0.371. The number of nitrogens with zero attached hydrogens (tertiary/aromatic N) is 3. The number of benzene rings is 1. The van der Waals surface area contributed by atoms with Gasteiger partial charge in [0.2, 0.25) is 5.91 Å². The van der Waals surface area contributed by atoms with Crippen molar-refractivity contribution >= 4 is 5.91 Å². The fraction of sp³-hybridized carbons (Fsp3) is 0.421. The van der Waals surface area contributed by atoms with Crippen LogP contribution in [0, 0.1) is 32.1 Å². The molecular formula is C19H22N4O2. The van der Waals surface area contributed by atoms with Crippen molar-refractivity contribution in [3.63, 3.8) is 0 Å². The lowest BCUT2D eigenvalue weighted by molar-refractivity contribution is -0.121. The zero-order chi connectivity index (χ0) is 18.3. The van der Waals surface area contributed by atoms with Crippen LogP contribution in [0.5, 0.6) is 11.5 Å². The Labute approximate surface area is 147 Å². The summed E-state index contributed by atoms with van der Waals surface area (Å²) in [7, 11) is 0. The number of ether oxygens (including phenoxy) is 1. The third-order valence-corrected chi connectivity index (χ3v) is 4.70. The summed E-state index contributed by atoms with van der Waals surface area (Å²) < 4.78 is 7.82. The van der Waals surface area contributed by atoms with Gasteiger partial charge in [-0.2, -0.15) is 10.4 Å². The maximum atomic E-state index is 11.6. The maximum Gasteiger partial charge on any atom is 0.242 e. The number of amides is 1. The standard InChI is InChI=1S/C19H22N4O2/c1-10-7-15(8-11(2)16(10)9-20)25-18-12(3)23(13(4)19(21)24)22-17(18)14-5-6-14/h7-8,13-14H,5-6H2,1-4H3,(H2,21,24). The molecule has 1 heterocycles. The fourth-order valence-corrected chi connectivity index (χ4v) is 3.05. The van der Waals surface area contributed by atoms with Crippen molar-refractivity contribution in [2.45, 2.75) is 52.5 Å². The van der Waals surface area contributed by atoms with Gasteiger partial charge in [0.15, 0.2) is 5.75 Å². The first-order valence-corrected chi connectivity index (χ1v) is 8.41. The topological polar surface area (TPSA) is 93.9 Å². The molecule has 6 nitrogen and oxygen atoms in total. The third kappa shape index (κ3) is 3.10. The molecule has 0 bridgehead atoms. The molecule has 2 aromatic rings. The monoisotopic (exact) mass is 338 g/mol. The van der Waals surface area contributed by atoms with Gasteiger partial charge >= 0.3 is 0 Å². The number of aryl methyl sites for hydroxylation is 2. The van der Waals surface area contributed by atoms with Crippen LogP contribution >= 0.6 is 0 Å². The lowest BCUT2D eigenvalue weighted by Crippen LogP contribution is -2.25. The number of carbonyl (C=O) groups is 1. The average molecular weight is 338 g/mol. The van der Waals surface area contributed by atoms with E-state index in [-0.39, 0.29) is 0 Å². The van der Waals surface area contributed by atoms with Gasteiger partial charge in [-0.25, -0.2) is 0 Å². The Balaban J connectivity index is 2.03. The molecule has 1 aliphatic rings. The minimum Gasteiger partial charge on any atom is -0.453 e. The number of nitriles is 1. The summed E-state index contributed by atoms with van der Waals surface area (Å²) in [6, 6.07) is 5.40. The van der Waals surface area contributed by atoms with Crippen molar-refractivity contribution in [3.05, 3.63) is 40.2 Å². The highest BCUT2D eigenvalue weighted by Crippen LogP contribution is 2.46. The van der Waals surface area contributed by atoms with Gasteiger partial charge in [-0.3, -0.25) is 9.48 Å². The number of primary amides is 1. The van der Waals surface area contributed by atoms with E-state index in [1.165, 1.54) is 0 Å². The highest BCUT2D eigenvalue weighted by molar-refractivity contribution is 5.78. The van der Waals surface area contributed by atoms with Gasteiger partial charge in [-0.1, -0.05) is 0 Å². The quantitative estimate of drug-likeness (QED) is 0.904. The first-order chi connectivity index (χ1) is 11.8. The van der Waals surface area contributed by atoms with E-state index in [1.807, 2.05) is 32.9 Å². The Kier molecular flexibility index (Phi) is 4.25. The zero-order valence-corrected chi connectivity index (χ0v) is 15.0. The molecule has 1 atom stereocenters. The van der Waals surface area contributed by atoms with Crippen LogP contribution in [0.2, 0.25) is 0 Å². The first kappa shape index (κ1) is 17.0. The Morgan fingerprint density at radius 2 is 1.96 bits per heavy atom. The van der Waals surface area contributed by atoms with Crippen molar-refractivity contribution in [3.8, 4) is 17.6 Å². The third-order valence-electron chi connectivity index (χ3n) is 4.70. The molecule has 1 saturated carbocycles. The second-order valence-electron chi connectivity index (χ2n) is 6.74.